The molecular weight excluding hydrogens is 291 g/mol. The van der Waals surface area contributed by atoms with E-state index in [-0.39, 0.29) is 29.3 Å². The molecule has 0 heterocycles. The van der Waals surface area contributed by atoms with Gasteiger partial charge < -0.3 is 15.6 Å². The molecule has 0 saturated heterocycles. The highest BCUT2D eigenvalue weighted by Crippen LogP contribution is 2.37. The van der Waals surface area contributed by atoms with Crippen molar-refractivity contribution < 1.29 is 23.0 Å². The first-order chi connectivity index (χ1) is 9.00. The smallest absolute Gasteiger partial charge is 0.419 e. The van der Waals surface area contributed by atoms with Crippen LogP contribution in [0.1, 0.15) is 31.4 Å². The predicted octanol–water partition coefficient (Wildman–Crippen LogP) is 2.88. The Morgan fingerprint density at radius 1 is 1.35 bits per heavy atom. The molecule has 0 amide bonds. The molecule has 0 atom stereocenters. The monoisotopic (exact) mass is 307 g/mol. The Hall–Kier alpha value is -1.34. The Balaban J connectivity index is 2.98. The number of rotatable bonds is 5. The van der Waals surface area contributed by atoms with Gasteiger partial charge in [-0.15, -0.1) is 0 Å². The first kappa shape index (κ1) is 16.7. The van der Waals surface area contributed by atoms with Gasteiger partial charge in [0.05, 0.1) is 17.8 Å². The summed E-state index contributed by atoms with van der Waals surface area (Å²) < 4.78 is 43.9. The number of alkyl halides is 3. The second kappa shape index (κ2) is 5.97. The fourth-order valence-corrected chi connectivity index (χ4v) is 1.57. The van der Waals surface area contributed by atoms with Gasteiger partial charge in [0, 0.05) is 12.0 Å². The molecule has 0 fully saturated rings. The van der Waals surface area contributed by atoms with Crippen molar-refractivity contribution in [2.45, 2.75) is 32.0 Å². The number of benzene rings is 1. The van der Waals surface area contributed by atoms with E-state index in [1.165, 1.54) is 12.1 Å². The SMILES string of the molecule is CC(C)(O)CCOc1ccc(C(N)=S)cc1C(F)(F)F. The molecule has 1 rings (SSSR count). The number of hydrogen-bond donors (Lipinski definition) is 2. The first-order valence-corrected chi connectivity index (χ1v) is 6.28. The average Bonchev–Trinajstić information content (AvgIpc) is 2.25. The fourth-order valence-electron chi connectivity index (χ4n) is 1.44. The van der Waals surface area contributed by atoms with Crippen LogP contribution in [0.3, 0.4) is 0 Å². The molecule has 3 N–H and O–H groups in total. The summed E-state index contributed by atoms with van der Waals surface area (Å²) in [5.74, 6) is -0.304. The highest BCUT2D eigenvalue weighted by molar-refractivity contribution is 7.80. The highest BCUT2D eigenvalue weighted by Gasteiger charge is 2.35. The van der Waals surface area contributed by atoms with Gasteiger partial charge in [0.25, 0.3) is 0 Å². The summed E-state index contributed by atoms with van der Waals surface area (Å²) in [6, 6.07) is 3.42. The zero-order valence-electron chi connectivity index (χ0n) is 11.1. The van der Waals surface area contributed by atoms with Crippen molar-refractivity contribution in [1.29, 1.82) is 0 Å². The molecule has 0 unspecified atom stereocenters. The predicted molar refractivity (Wildman–Crippen MR) is 73.7 cm³/mol. The maximum absolute atomic E-state index is 12.9. The van der Waals surface area contributed by atoms with E-state index < -0.39 is 17.3 Å². The quantitative estimate of drug-likeness (QED) is 0.821. The van der Waals surface area contributed by atoms with Crippen molar-refractivity contribution in [2.75, 3.05) is 6.61 Å². The number of aliphatic hydroxyl groups is 1. The molecule has 0 aliphatic carbocycles. The Morgan fingerprint density at radius 3 is 2.40 bits per heavy atom. The van der Waals surface area contributed by atoms with Crippen molar-refractivity contribution in [2.24, 2.45) is 5.73 Å². The minimum Gasteiger partial charge on any atom is -0.493 e. The zero-order valence-corrected chi connectivity index (χ0v) is 11.9. The summed E-state index contributed by atoms with van der Waals surface area (Å²) in [5, 5.41) is 9.51. The van der Waals surface area contributed by atoms with Gasteiger partial charge in [0.15, 0.2) is 0 Å². The van der Waals surface area contributed by atoms with E-state index in [1.54, 1.807) is 13.8 Å². The minimum atomic E-state index is -4.56. The van der Waals surface area contributed by atoms with E-state index in [0.717, 1.165) is 6.07 Å². The van der Waals surface area contributed by atoms with Gasteiger partial charge in [-0.05, 0) is 32.0 Å². The summed E-state index contributed by atoms with van der Waals surface area (Å²) in [4.78, 5) is -0.112. The molecule has 0 aromatic heterocycles. The Morgan fingerprint density at radius 2 is 1.95 bits per heavy atom. The lowest BCUT2D eigenvalue weighted by atomic mass is 10.1. The number of nitrogens with two attached hydrogens (primary N) is 1. The molecule has 0 saturated carbocycles. The van der Waals surface area contributed by atoms with Crippen LogP contribution in [0.15, 0.2) is 18.2 Å². The van der Waals surface area contributed by atoms with E-state index >= 15 is 0 Å². The maximum Gasteiger partial charge on any atom is 0.419 e. The van der Waals surface area contributed by atoms with Crippen LogP contribution in [0.5, 0.6) is 5.75 Å². The van der Waals surface area contributed by atoms with Gasteiger partial charge in [0.2, 0.25) is 0 Å². The van der Waals surface area contributed by atoms with Gasteiger partial charge in [-0.25, -0.2) is 0 Å². The summed E-state index contributed by atoms with van der Waals surface area (Å²) in [5.41, 5.74) is 3.52. The molecule has 0 aliphatic heterocycles. The van der Waals surface area contributed by atoms with Gasteiger partial charge in [-0.3, -0.25) is 0 Å². The number of hydrogen-bond acceptors (Lipinski definition) is 3. The Kier molecular flexibility index (Phi) is 4.99. The topological polar surface area (TPSA) is 55.5 Å². The van der Waals surface area contributed by atoms with Gasteiger partial charge in [-0.1, -0.05) is 12.2 Å². The lowest BCUT2D eigenvalue weighted by molar-refractivity contribution is -0.139. The third-order valence-electron chi connectivity index (χ3n) is 2.54. The normalized spacial score (nSPS) is 12.3. The van der Waals surface area contributed by atoms with E-state index in [0.29, 0.717) is 0 Å². The summed E-state index contributed by atoms with van der Waals surface area (Å²) in [6.45, 7) is 3.08. The zero-order chi connectivity index (χ0) is 15.6. The van der Waals surface area contributed by atoms with Crippen LogP contribution >= 0.6 is 12.2 Å². The Labute approximate surface area is 120 Å². The second-order valence-electron chi connectivity index (χ2n) is 4.98. The van der Waals surface area contributed by atoms with E-state index in [9.17, 15) is 18.3 Å². The number of ether oxygens (including phenoxy) is 1. The average molecular weight is 307 g/mol. The van der Waals surface area contributed by atoms with Crippen LogP contribution in [0.4, 0.5) is 13.2 Å². The summed E-state index contributed by atoms with van der Waals surface area (Å²) in [6.07, 6.45) is -4.35. The van der Waals surface area contributed by atoms with Crippen molar-refractivity contribution in [3.8, 4) is 5.75 Å². The van der Waals surface area contributed by atoms with Crippen molar-refractivity contribution >= 4 is 17.2 Å². The van der Waals surface area contributed by atoms with E-state index in [1.807, 2.05) is 0 Å². The van der Waals surface area contributed by atoms with Crippen molar-refractivity contribution in [3.05, 3.63) is 29.3 Å². The third-order valence-corrected chi connectivity index (χ3v) is 2.78. The van der Waals surface area contributed by atoms with E-state index in [2.05, 4.69) is 12.2 Å². The highest BCUT2D eigenvalue weighted by atomic mass is 32.1. The van der Waals surface area contributed by atoms with Crippen LogP contribution < -0.4 is 10.5 Å². The Bertz CT molecular complexity index is 495. The molecule has 0 bridgehead atoms. The summed E-state index contributed by atoms with van der Waals surface area (Å²) in [7, 11) is 0. The molecule has 0 aliphatic rings. The first-order valence-electron chi connectivity index (χ1n) is 5.87. The van der Waals surface area contributed by atoms with Crippen LogP contribution in [-0.4, -0.2) is 22.3 Å². The second-order valence-corrected chi connectivity index (χ2v) is 5.42. The third kappa shape index (κ3) is 4.97. The molecule has 0 radical (unpaired) electrons. The van der Waals surface area contributed by atoms with Gasteiger partial charge >= 0.3 is 6.18 Å². The molecule has 20 heavy (non-hydrogen) atoms. The van der Waals surface area contributed by atoms with Crippen LogP contribution in [0.2, 0.25) is 0 Å². The number of thiocarbonyl (C=S) groups is 1. The molecule has 3 nitrogen and oxygen atoms in total. The number of halogens is 3. The largest absolute Gasteiger partial charge is 0.493 e. The molecule has 0 spiro atoms. The molecule has 7 heteroatoms. The molecule has 1 aromatic rings. The fraction of sp³-hybridized carbons (Fsp3) is 0.462. The molecular formula is C13H16F3NO2S. The minimum absolute atomic E-state index is 0.0288. The van der Waals surface area contributed by atoms with Crippen molar-refractivity contribution in [3.63, 3.8) is 0 Å². The van der Waals surface area contributed by atoms with Gasteiger partial charge in [0.1, 0.15) is 10.7 Å². The summed E-state index contributed by atoms with van der Waals surface area (Å²) >= 11 is 4.66. The van der Waals surface area contributed by atoms with Crippen LogP contribution in [0.25, 0.3) is 0 Å². The standard InChI is InChI=1S/C13H16F3NO2S/c1-12(2,18)5-6-19-10-4-3-8(11(17)20)7-9(10)13(14,15)16/h3-4,7,18H,5-6H2,1-2H3,(H2,17,20). The van der Waals surface area contributed by atoms with E-state index in [4.69, 9.17) is 10.5 Å². The molecule has 1 aromatic carbocycles. The van der Waals surface area contributed by atoms with Crippen molar-refractivity contribution in [1.82, 2.24) is 0 Å². The lowest BCUT2D eigenvalue weighted by Crippen LogP contribution is -2.22. The molecule has 112 valence electrons. The van der Waals surface area contributed by atoms with Crippen LogP contribution in [-0.2, 0) is 6.18 Å². The van der Waals surface area contributed by atoms with Gasteiger partial charge in [-0.2, -0.15) is 13.2 Å². The van der Waals surface area contributed by atoms with Crippen LogP contribution in [0, 0.1) is 0 Å². The maximum atomic E-state index is 12.9. The lowest BCUT2D eigenvalue weighted by Gasteiger charge is -2.19.